The zero-order chi connectivity index (χ0) is 13.7. The lowest BCUT2D eigenvalue weighted by Crippen LogP contribution is -2.15. The van der Waals surface area contributed by atoms with Crippen LogP contribution in [0.4, 0.5) is 0 Å². The lowest BCUT2D eigenvalue weighted by atomic mass is 9.94. The zero-order valence-corrected chi connectivity index (χ0v) is 10.6. The van der Waals surface area contributed by atoms with Gasteiger partial charge in [0.25, 0.3) is 0 Å². The summed E-state index contributed by atoms with van der Waals surface area (Å²) in [6.45, 7) is 0. The monoisotopic (exact) mass is 257 g/mol. The standard InChI is InChI=1S/C15H15NO3/c1-19-13-7-4-5-11(9-13)14(15(17)18)10-12-6-2-3-8-16-12/h2-9,14H,10H2,1H3,(H,17,18). The Morgan fingerprint density at radius 3 is 2.79 bits per heavy atom. The fraction of sp³-hybridized carbons (Fsp3) is 0.200. The molecule has 1 aromatic heterocycles. The first-order chi connectivity index (χ1) is 9.20. The van der Waals surface area contributed by atoms with Gasteiger partial charge in [0, 0.05) is 18.3 Å². The zero-order valence-electron chi connectivity index (χ0n) is 10.6. The molecule has 0 saturated heterocycles. The van der Waals surface area contributed by atoms with E-state index in [-0.39, 0.29) is 0 Å². The van der Waals surface area contributed by atoms with E-state index in [1.165, 1.54) is 0 Å². The largest absolute Gasteiger partial charge is 0.497 e. The number of benzene rings is 1. The Morgan fingerprint density at radius 2 is 2.16 bits per heavy atom. The first-order valence-electron chi connectivity index (χ1n) is 5.97. The lowest BCUT2D eigenvalue weighted by molar-refractivity contribution is -0.138. The Balaban J connectivity index is 2.27. The van der Waals surface area contributed by atoms with Gasteiger partial charge in [0.05, 0.1) is 13.0 Å². The Labute approximate surface area is 111 Å². The number of rotatable bonds is 5. The number of aliphatic carboxylic acids is 1. The molecule has 0 amide bonds. The summed E-state index contributed by atoms with van der Waals surface area (Å²) in [6.07, 6.45) is 2.03. The number of carbonyl (C=O) groups is 1. The maximum Gasteiger partial charge on any atom is 0.311 e. The van der Waals surface area contributed by atoms with Crippen LogP contribution in [0.3, 0.4) is 0 Å². The van der Waals surface area contributed by atoms with Crippen LogP contribution in [0.1, 0.15) is 17.2 Å². The fourth-order valence-electron chi connectivity index (χ4n) is 1.93. The molecular weight excluding hydrogens is 242 g/mol. The third-order valence-corrected chi connectivity index (χ3v) is 2.93. The van der Waals surface area contributed by atoms with Gasteiger partial charge in [-0.1, -0.05) is 18.2 Å². The van der Waals surface area contributed by atoms with Crippen molar-refractivity contribution < 1.29 is 14.6 Å². The molecule has 0 aliphatic rings. The molecule has 0 fully saturated rings. The smallest absolute Gasteiger partial charge is 0.311 e. The highest BCUT2D eigenvalue weighted by Gasteiger charge is 2.21. The van der Waals surface area contributed by atoms with Gasteiger partial charge in [-0.05, 0) is 29.8 Å². The number of hydrogen-bond acceptors (Lipinski definition) is 3. The molecule has 19 heavy (non-hydrogen) atoms. The van der Waals surface area contributed by atoms with Crippen molar-refractivity contribution in [2.24, 2.45) is 0 Å². The van der Waals surface area contributed by atoms with Crippen LogP contribution in [0.2, 0.25) is 0 Å². The number of aromatic nitrogens is 1. The summed E-state index contributed by atoms with van der Waals surface area (Å²) < 4.78 is 5.13. The highest BCUT2D eigenvalue weighted by atomic mass is 16.5. The highest BCUT2D eigenvalue weighted by molar-refractivity contribution is 5.76. The van der Waals surface area contributed by atoms with Crippen molar-refractivity contribution in [3.05, 3.63) is 59.9 Å². The van der Waals surface area contributed by atoms with Crippen LogP contribution in [0, 0.1) is 0 Å². The number of methoxy groups -OCH3 is 1. The Morgan fingerprint density at radius 1 is 1.32 bits per heavy atom. The maximum atomic E-state index is 11.4. The first kappa shape index (κ1) is 13.1. The molecule has 1 unspecified atom stereocenters. The summed E-state index contributed by atoms with van der Waals surface area (Å²) in [6, 6.07) is 12.6. The van der Waals surface area contributed by atoms with Gasteiger partial charge in [-0.25, -0.2) is 0 Å². The SMILES string of the molecule is COc1cccc(C(Cc2ccccn2)C(=O)O)c1. The van der Waals surface area contributed by atoms with E-state index in [1.807, 2.05) is 18.2 Å². The van der Waals surface area contributed by atoms with Crippen LogP contribution < -0.4 is 4.74 Å². The summed E-state index contributed by atoms with van der Waals surface area (Å²) in [5, 5.41) is 9.38. The van der Waals surface area contributed by atoms with Crippen molar-refractivity contribution in [3.63, 3.8) is 0 Å². The average Bonchev–Trinajstić information content (AvgIpc) is 2.45. The van der Waals surface area contributed by atoms with E-state index in [2.05, 4.69) is 4.98 Å². The molecule has 0 aliphatic carbocycles. The highest BCUT2D eigenvalue weighted by Crippen LogP contribution is 2.24. The van der Waals surface area contributed by atoms with E-state index in [9.17, 15) is 9.90 Å². The predicted molar refractivity (Wildman–Crippen MR) is 71.3 cm³/mol. The van der Waals surface area contributed by atoms with Gasteiger partial charge < -0.3 is 9.84 Å². The molecule has 2 aromatic rings. The predicted octanol–water partition coefficient (Wildman–Crippen LogP) is 2.50. The molecule has 0 bridgehead atoms. The Kier molecular flexibility index (Phi) is 4.13. The molecule has 0 radical (unpaired) electrons. The van der Waals surface area contributed by atoms with Crippen molar-refractivity contribution in [1.29, 1.82) is 0 Å². The normalized spacial score (nSPS) is 11.8. The quantitative estimate of drug-likeness (QED) is 0.894. The van der Waals surface area contributed by atoms with Crippen LogP contribution in [-0.4, -0.2) is 23.2 Å². The molecule has 0 spiro atoms. The van der Waals surface area contributed by atoms with E-state index in [0.29, 0.717) is 12.2 Å². The van der Waals surface area contributed by atoms with E-state index in [4.69, 9.17) is 4.74 Å². The van der Waals surface area contributed by atoms with E-state index in [1.54, 1.807) is 37.6 Å². The van der Waals surface area contributed by atoms with Crippen molar-refractivity contribution in [2.45, 2.75) is 12.3 Å². The Hall–Kier alpha value is -2.36. The number of nitrogens with zero attached hydrogens (tertiary/aromatic N) is 1. The fourth-order valence-corrected chi connectivity index (χ4v) is 1.93. The minimum atomic E-state index is -0.862. The topological polar surface area (TPSA) is 59.4 Å². The van der Waals surface area contributed by atoms with Crippen LogP contribution >= 0.6 is 0 Å². The summed E-state index contributed by atoms with van der Waals surface area (Å²) in [7, 11) is 1.56. The van der Waals surface area contributed by atoms with E-state index in [0.717, 1.165) is 11.3 Å². The van der Waals surface area contributed by atoms with Crippen molar-refractivity contribution in [2.75, 3.05) is 7.11 Å². The number of carboxylic acid groups (broad SMARTS) is 1. The molecule has 0 saturated carbocycles. The molecule has 4 nitrogen and oxygen atoms in total. The maximum absolute atomic E-state index is 11.4. The van der Waals surface area contributed by atoms with Gasteiger partial charge in [-0.3, -0.25) is 9.78 Å². The van der Waals surface area contributed by atoms with Crippen LogP contribution in [-0.2, 0) is 11.2 Å². The molecule has 98 valence electrons. The summed E-state index contributed by atoms with van der Waals surface area (Å²) in [4.78, 5) is 15.6. The van der Waals surface area contributed by atoms with Gasteiger partial charge in [0.2, 0.25) is 0 Å². The number of hydrogen-bond donors (Lipinski definition) is 1. The summed E-state index contributed by atoms with van der Waals surface area (Å²) in [5.74, 6) is -0.825. The Bertz CT molecular complexity index is 554. The molecule has 1 atom stereocenters. The van der Waals surface area contributed by atoms with Gasteiger partial charge in [0.15, 0.2) is 0 Å². The lowest BCUT2D eigenvalue weighted by Gasteiger charge is -2.13. The van der Waals surface area contributed by atoms with Crippen molar-refractivity contribution in [3.8, 4) is 5.75 Å². The molecule has 2 rings (SSSR count). The third kappa shape index (κ3) is 3.31. The molecule has 4 heteroatoms. The number of pyridine rings is 1. The molecule has 1 N–H and O–H groups in total. The first-order valence-corrected chi connectivity index (χ1v) is 5.97. The minimum absolute atomic E-state index is 0.364. The number of ether oxygens (including phenoxy) is 1. The van der Waals surface area contributed by atoms with Crippen LogP contribution in [0.25, 0.3) is 0 Å². The minimum Gasteiger partial charge on any atom is -0.497 e. The van der Waals surface area contributed by atoms with Gasteiger partial charge in [0.1, 0.15) is 5.75 Å². The van der Waals surface area contributed by atoms with Crippen LogP contribution in [0.15, 0.2) is 48.7 Å². The molecule has 0 aliphatic heterocycles. The third-order valence-electron chi connectivity index (χ3n) is 2.93. The second-order valence-corrected chi connectivity index (χ2v) is 4.19. The van der Waals surface area contributed by atoms with E-state index < -0.39 is 11.9 Å². The molecule has 1 heterocycles. The summed E-state index contributed by atoms with van der Waals surface area (Å²) in [5.41, 5.74) is 1.48. The van der Waals surface area contributed by atoms with Gasteiger partial charge in [-0.15, -0.1) is 0 Å². The molecular formula is C15H15NO3. The van der Waals surface area contributed by atoms with Crippen molar-refractivity contribution >= 4 is 5.97 Å². The average molecular weight is 257 g/mol. The second kappa shape index (κ2) is 6.00. The van der Waals surface area contributed by atoms with Crippen LogP contribution in [0.5, 0.6) is 5.75 Å². The van der Waals surface area contributed by atoms with Crippen molar-refractivity contribution in [1.82, 2.24) is 4.98 Å². The van der Waals surface area contributed by atoms with Gasteiger partial charge in [-0.2, -0.15) is 0 Å². The molecule has 1 aromatic carbocycles. The number of carboxylic acids is 1. The van der Waals surface area contributed by atoms with Gasteiger partial charge >= 0.3 is 5.97 Å². The second-order valence-electron chi connectivity index (χ2n) is 4.19. The van der Waals surface area contributed by atoms with E-state index >= 15 is 0 Å². The summed E-state index contributed by atoms with van der Waals surface area (Å²) >= 11 is 0.